The summed E-state index contributed by atoms with van der Waals surface area (Å²) in [6, 6.07) is 11.0. The first-order valence-corrected chi connectivity index (χ1v) is 10.1. The third-order valence-electron chi connectivity index (χ3n) is 4.43. The van der Waals surface area contributed by atoms with Crippen LogP contribution in [0.15, 0.2) is 41.4 Å². The van der Waals surface area contributed by atoms with E-state index in [2.05, 4.69) is 4.99 Å². The highest BCUT2D eigenvalue weighted by Crippen LogP contribution is 2.35. The molecule has 4 rings (SSSR count). The Balaban J connectivity index is 1.67. The third kappa shape index (κ3) is 4.30. The first-order chi connectivity index (χ1) is 14.5. The van der Waals surface area contributed by atoms with Gasteiger partial charge in [-0.25, -0.2) is 0 Å². The van der Waals surface area contributed by atoms with Gasteiger partial charge in [-0.2, -0.15) is 4.99 Å². The van der Waals surface area contributed by atoms with Crippen molar-refractivity contribution in [3.05, 3.63) is 46.8 Å². The Labute approximate surface area is 176 Å². The SMILES string of the molecule is COC(=O)Cn1c(=NC(=O)COc2cccc(C)c2)sc2cc3c(cc21)OCCO3. The monoisotopic (exact) mass is 428 g/mol. The predicted octanol–water partition coefficient (Wildman–Crippen LogP) is 2.46. The van der Waals surface area contributed by atoms with E-state index in [4.69, 9.17) is 18.9 Å². The van der Waals surface area contributed by atoms with E-state index in [1.807, 2.05) is 31.2 Å². The lowest BCUT2D eigenvalue weighted by molar-refractivity contribution is -0.141. The molecule has 8 nitrogen and oxygen atoms in total. The molecule has 2 aromatic carbocycles. The van der Waals surface area contributed by atoms with Crippen LogP contribution in [0.2, 0.25) is 0 Å². The third-order valence-corrected chi connectivity index (χ3v) is 5.47. The summed E-state index contributed by atoms with van der Waals surface area (Å²) in [5, 5.41) is 0. The zero-order valence-electron chi connectivity index (χ0n) is 16.5. The van der Waals surface area contributed by atoms with Gasteiger partial charge in [0.05, 0.1) is 17.3 Å². The molecule has 0 spiro atoms. The molecule has 0 fully saturated rings. The average Bonchev–Trinajstić information content (AvgIpc) is 3.06. The summed E-state index contributed by atoms with van der Waals surface area (Å²) in [6.07, 6.45) is 0. The maximum atomic E-state index is 12.4. The lowest BCUT2D eigenvalue weighted by atomic mass is 10.2. The van der Waals surface area contributed by atoms with Crippen LogP contribution < -0.4 is 19.0 Å². The zero-order valence-corrected chi connectivity index (χ0v) is 17.4. The minimum Gasteiger partial charge on any atom is -0.486 e. The molecule has 3 aromatic rings. The van der Waals surface area contributed by atoms with Crippen molar-refractivity contribution >= 4 is 33.4 Å². The highest BCUT2D eigenvalue weighted by atomic mass is 32.1. The molecule has 1 amide bonds. The van der Waals surface area contributed by atoms with E-state index in [9.17, 15) is 9.59 Å². The molecule has 1 aromatic heterocycles. The molecular formula is C21H20N2O6S. The number of carbonyl (C=O) groups is 2. The summed E-state index contributed by atoms with van der Waals surface area (Å²) >= 11 is 1.28. The van der Waals surface area contributed by atoms with Gasteiger partial charge in [0.1, 0.15) is 25.5 Å². The first-order valence-electron chi connectivity index (χ1n) is 9.30. The van der Waals surface area contributed by atoms with Gasteiger partial charge in [0, 0.05) is 12.1 Å². The lowest BCUT2D eigenvalue weighted by Gasteiger charge is -2.18. The number of aromatic nitrogens is 1. The molecule has 30 heavy (non-hydrogen) atoms. The quantitative estimate of drug-likeness (QED) is 0.580. The van der Waals surface area contributed by atoms with Crippen molar-refractivity contribution in [1.29, 1.82) is 0 Å². The molecule has 0 unspecified atom stereocenters. The summed E-state index contributed by atoms with van der Waals surface area (Å²) in [5.41, 5.74) is 1.74. The number of benzene rings is 2. The van der Waals surface area contributed by atoms with Crippen LogP contribution in [0.3, 0.4) is 0 Å². The van der Waals surface area contributed by atoms with E-state index in [0.717, 1.165) is 10.3 Å². The van der Waals surface area contributed by atoms with Crippen LogP contribution in [0.25, 0.3) is 10.2 Å². The number of esters is 1. The van der Waals surface area contributed by atoms with Crippen molar-refractivity contribution in [1.82, 2.24) is 4.57 Å². The van der Waals surface area contributed by atoms with Gasteiger partial charge in [0.2, 0.25) is 0 Å². The van der Waals surface area contributed by atoms with E-state index in [1.165, 1.54) is 18.4 Å². The van der Waals surface area contributed by atoms with Gasteiger partial charge in [-0.1, -0.05) is 23.5 Å². The number of nitrogens with zero attached hydrogens (tertiary/aromatic N) is 2. The van der Waals surface area contributed by atoms with E-state index >= 15 is 0 Å². The fraction of sp³-hybridized carbons (Fsp3) is 0.286. The van der Waals surface area contributed by atoms with Gasteiger partial charge in [0.25, 0.3) is 5.91 Å². The van der Waals surface area contributed by atoms with Gasteiger partial charge in [-0.15, -0.1) is 0 Å². The van der Waals surface area contributed by atoms with Crippen LogP contribution in [-0.2, 0) is 20.9 Å². The molecular weight excluding hydrogens is 408 g/mol. The second-order valence-electron chi connectivity index (χ2n) is 6.62. The molecule has 1 aliphatic rings. The van der Waals surface area contributed by atoms with E-state index in [1.54, 1.807) is 16.7 Å². The summed E-state index contributed by atoms with van der Waals surface area (Å²) < 4.78 is 24.0. The Morgan fingerprint density at radius 1 is 1.17 bits per heavy atom. The normalized spacial score (nSPS) is 13.3. The Hall–Kier alpha value is -3.33. The molecule has 9 heteroatoms. The van der Waals surface area contributed by atoms with E-state index in [-0.39, 0.29) is 13.2 Å². The maximum absolute atomic E-state index is 12.4. The summed E-state index contributed by atoms with van der Waals surface area (Å²) in [6.45, 7) is 2.57. The molecule has 0 saturated heterocycles. The predicted molar refractivity (Wildman–Crippen MR) is 110 cm³/mol. The second kappa shape index (κ2) is 8.58. The highest BCUT2D eigenvalue weighted by Gasteiger charge is 2.18. The first kappa shape index (κ1) is 20.0. The van der Waals surface area contributed by atoms with Gasteiger partial charge in [-0.3, -0.25) is 9.59 Å². The molecule has 0 bridgehead atoms. The Morgan fingerprint density at radius 3 is 2.67 bits per heavy atom. The smallest absolute Gasteiger partial charge is 0.325 e. The van der Waals surface area contributed by atoms with Crippen molar-refractivity contribution in [3.8, 4) is 17.2 Å². The molecule has 156 valence electrons. The summed E-state index contributed by atoms with van der Waals surface area (Å²) in [4.78, 5) is 28.9. The van der Waals surface area contributed by atoms with Crippen molar-refractivity contribution in [3.63, 3.8) is 0 Å². The van der Waals surface area contributed by atoms with E-state index in [0.29, 0.717) is 40.8 Å². The molecule has 0 atom stereocenters. The fourth-order valence-corrected chi connectivity index (χ4v) is 4.08. The summed E-state index contributed by atoms with van der Waals surface area (Å²) in [5.74, 6) is 0.902. The maximum Gasteiger partial charge on any atom is 0.325 e. The minimum atomic E-state index is -0.459. The average molecular weight is 428 g/mol. The second-order valence-corrected chi connectivity index (χ2v) is 7.63. The molecule has 1 aliphatic heterocycles. The highest BCUT2D eigenvalue weighted by molar-refractivity contribution is 7.16. The van der Waals surface area contributed by atoms with Crippen LogP contribution in [0.1, 0.15) is 5.56 Å². The lowest BCUT2D eigenvalue weighted by Crippen LogP contribution is -2.23. The van der Waals surface area contributed by atoms with Crippen LogP contribution in [0.5, 0.6) is 17.2 Å². The van der Waals surface area contributed by atoms with Crippen molar-refractivity contribution in [2.24, 2.45) is 4.99 Å². The minimum absolute atomic E-state index is 0.0823. The Bertz CT molecular complexity index is 1180. The fourth-order valence-electron chi connectivity index (χ4n) is 3.03. The largest absolute Gasteiger partial charge is 0.486 e. The molecule has 2 heterocycles. The molecule has 0 radical (unpaired) electrons. The topological polar surface area (TPSA) is 88.4 Å². The number of methoxy groups -OCH3 is 1. The summed E-state index contributed by atoms with van der Waals surface area (Å²) in [7, 11) is 1.31. The Kier molecular flexibility index (Phi) is 5.71. The molecule has 0 aliphatic carbocycles. The van der Waals surface area contributed by atoms with E-state index < -0.39 is 11.9 Å². The number of thiazole rings is 1. The molecule has 0 N–H and O–H groups in total. The number of rotatable bonds is 5. The standard InChI is InChI=1S/C21H20N2O6S/c1-13-4-3-5-14(8-13)29-12-19(24)22-21-23(11-20(25)26-2)15-9-16-17(10-18(15)30-21)28-7-6-27-16/h3-5,8-10H,6-7,11-12H2,1-2H3. The van der Waals surface area contributed by atoms with Crippen LogP contribution in [-0.4, -0.2) is 43.4 Å². The van der Waals surface area contributed by atoms with Crippen LogP contribution in [0.4, 0.5) is 0 Å². The van der Waals surface area contributed by atoms with Crippen LogP contribution >= 0.6 is 11.3 Å². The number of ether oxygens (including phenoxy) is 4. The number of hydrogen-bond acceptors (Lipinski definition) is 7. The van der Waals surface area contributed by atoms with Gasteiger partial charge < -0.3 is 23.5 Å². The van der Waals surface area contributed by atoms with Gasteiger partial charge in [0.15, 0.2) is 22.9 Å². The van der Waals surface area contributed by atoms with Crippen molar-refractivity contribution < 1.29 is 28.5 Å². The van der Waals surface area contributed by atoms with Crippen molar-refractivity contribution in [2.75, 3.05) is 26.9 Å². The molecule has 0 saturated carbocycles. The number of fused-ring (bicyclic) bond motifs is 2. The van der Waals surface area contributed by atoms with Gasteiger partial charge >= 0.3 is 5.97 Å². The Morgan fingerprint density at radius 2 is 1.93 bits per heavy atom. The number of amides is 1. The number of aryl methyl sites for hydroxylation is 1. The van der Waals surface area contributed by atoms with Crippen molar-refractivity contribution in [2.45, 2.75) is 13.5 Å². The zero-order chi connectivity index (χ0) is 21.1. The van der Waals surface area contributed by atoms with Crippen LogP contribution in [0, 0.1) is 6.92 Å². The number of hydrogen-bond donors (Lipinski definition) is 0. The van der Waals surface area contributed by atoms with Gasteiger partial charge in [-0.05, 0) is 24.6 Å². The number of carbonyl (C=O) groups excluding carboxylic acids is 2.